The van der Waals surface area contributed by atoms with Crippen molar-refractivity contribution in [2.24, 2.45) is 0 Å². The number of rotatable bonds is 2. The maximum atomic E-state index is 14.0. The van der Waals surface area contributed by atoms with Crippen LogP contribution in [0.2, 0.25) is 0 Å². The second-order valence-corrected chi connectivity index (χ2v) is 7.01. The lowest BCUT2D eigenvalue weighted by molar-refractivity contribution is 0.0957. The van der Waals surface area contributed by atoms with Crippen LogP contribution in [0.25, 0.3) is 22.2 Å². The van der Waals surface area contributed by atoms with E-state index >= 15 is 0 Å². The molecule has 1 amide bonds. The molecule has 2 N–H and O–H groups in total. The molecule has 1 aromatic heterocycles. The maximum absolute atomic E-state index is 14.0. The quantitative estimate of drug-likeness (QED) is 0.734. The molecule has 0 saturated carbocycles. The first kappa shape index (κ1) is 16.3. The topological polar surface area (TPSA) is 57.4 Å². The first-order chi connectivity index (χ1) is 13.2. The Morgan fingerprint density at radius 1 is 1.07 bits per heavy atom. The predicted molar refractivity (Wildman–Crippen MR) is 103 cm³/mol. The zero-order chi connectivity index (χ0) is 18.4. The molecule has 0 aliphatic carbocycles. The van der Waals surface area contributed by atoms with Crippen LogP contribution in [0.3, 0.4) is 0 Å². The van der Waals surface area contributed by atoms with E-state index in [1.54, 1.807) is 0 Å². The number of nitrogens with zero attached hydrogens (tertiary/aromatic N) is 1. The monoisotopic (exact) mass is 365 g/mol. The van der Waals surface area contributed by atoms with Crippen LogP contribution in [-0.4, -0.2) is 43.7 Å². The Labute approximate surface area is 156 Å². The number of halogens is 1. The molecule has 2 aliphatic rings. The predicted octanol–water partition coefficient (Wildman–Crippen LogP) is 3.10. The van der Waals surface area contributed by atoms with Gasteiger partial charge in [0.15, 0.2) is 0 Å². The Morgan fingerprint density at radius 3 is 2.63 bits per heavy atom. The summed E-state index contributed by atoms with van der Waals surface area (Å²) in [7, 11) is 0. The number of carbonyl (C=O) groups excluding carboxylic acids is 1. The second-order valence-electron chi connectivity index (χ2n) is 7.01. The van der Waals surface area contributed by atoms with Crippen LogP contribution in [0.15, 0.2) is 36.4 Å². The van der Waals surface area contributed by atoms with Crippen LogP contribution in [0.5, 0.6) is 0 Å². The highest BCUT2D eigenvalue weighted by molar-refractivity contribution is 6.10. The second kappa shape index (κ2) is 6.39. The van der Waals surface area contributed by atoms with Crippen molar-refractivity contribution in [3.8, 4) is 11.3 Å². The molecule has 0 bridgehead atoms. The molecule has 0 atom stereocenters. The number of nitrogens with one attached hydrogen (secondary N) is 2. The molecule has 2 aromatic carbocycles. The van der Waals surface area contributed by atoms with E-state index < -0.39 is 5.82 Å². The van der Waals surface area contributed by atoms with Gasteiger partial charge < -0.3 is 19.9 Å². The molecule has 0 spiro atoms. The number of ether oxygens (including phenoxy) is 1. The van der Waals surface area contributed by atoms with Gasteiger partial charge in [0.05, 0.1) is 18.8 Å². The van der Waals surface area contributed by atoms with Gasteiger partial charge in [0.1, 0.15) is 5.82 Å². The Balaban J connectivity index is 1.59. The Hall–Kier alpha value is -2.86. The van der Waals surface area contributed by atoms with E-state index in [0.29, 0.717) is 24.0 Å². The van der Waals surface area contributed by atoms with Crippen molar-refractivity contribution < 1.29 is 13.9 Å². The number of hydrogen-bond donors (Lipinski definition) is 2. The van der Waals surface area contributed by atoms with Gasteiger partial charge in [-0.3, -0.25) is 4.79 Å². The number of benzene rings is 2. The fourth-order valence-corrected chi connectivity index (χ4v) is 4.10. The van der Waals surface area contributed by atoms with Gasteiger partial charge in [-0.25, -0.2) is 4.39 Å². The minimum atomic E-state index is -0.406. The molecule has 0 radical (unpaired) electrons. The van der Waals surface area contributed by atoms with Gasteiger partial charge >= 0.3 is 0 Å². The van der Waals surface area contributed by atoms with Crippen LogP contribution in [0, 0.1) is 5.82 Å². The van der Waals surface area contributed by atoms with E-state index in [9.17, 15) is 9.18 Å². The molecule has 1 fully saturated rings. The van der Waals surface area contributed by atoms with Crippen molar-refractivity contribution in [2.45, 2.75) is 6.42 Å². The molecule has 5 nitrogen and oxygen atoms in total. The third-order valence-corrected chi connectivity index (χ3v) is 5.40. The number of H-pyrrole nitrogens is 1. The average Bonchev–Trinajstić information content (AvgIpc) is 2.97. The third kappa shape index (κ3) is 2.77. The molecule has 2 aliphatic heterocycles. The molecule has 0 unspecified atom stereocenters. The minimum Gasteiger partial charge on any atom is -0.378 e. The summed E-state index contributed by atoms with van der Waals surface area (Å²) in [6.45, 7) is 3.84. The smallest absolute Gasteiger partial charge is 0.252 e. The lowest BCUT2D eigenvalue weighted by Crippen LogP contribution is -2.36. The van der Waals surface area contributed by atoms with Crippen molar-refractivity contribution in [3.63, 3.8) is 0 Å². The molecule has 1 saturated heterocycles. The molecule has 5 rings (SSSR count). The number of morpholine rings is 1. The van der Waals surface area contributed by atoms with E-state index in [1.165, 1.54) is 17.8 Å². The summed E-state index contributed by atoms with van der Waals surface area (Å²) in [5.74, 6) is -0.622. The Bertz CT molecular complexity index is 1020. The highest BCUT2D eigenvalue weighted by Gasteiger charge is 2.23. The van der Waals surface area contributed by atoms with Crippen molar-refractivity contribution in [3.05, 3.63) is 53.3 Å². The number of hydrogen-bond acceptors (Lipinski definition) is 3. The van der Waals surface area contributed by atoms with Crippen molar-refractivity contribution >= 4 is 22.5 Å². The molecule has 3 aromatic rings. The van der Waals surface area contributed by atoms with Crippen LogP contribution >= 0.6 is 0 Å². The van der Waals surface area contributed by atoms with Gasteiger partial charge in [-0.1, -0.05) is 12.1 Å². The largest absolute Gasteiger partial charge is 0.378 e. The normalized spacial score (nSPS) is 17.1. The zero-order valence-corrected chi connectivity index (χ0v) is 14.8. The average molecular weight is 365 g/mol. The van der Waals surface area contributed by atoms with Crippen LogP contribution < -0.4 is 10.2 Å². The van der Waals surface area contributed by atoms with Gasteiger partial charge in [-0.05, 0) is 41.8 Å². The molecule has 27 heavy (non-hydrogen) atoms. The summed E-state index contributed by atoms with van der Waals surface area (Å²) < 4.78 is 19.4. The summed E-state index contributed by atoms with van der Waals surface area (Å²) in [6.07, 6.45) is 0.713. The first-order valence-electron chi connectivity index (χ1n) is 9.26. The van der Waals surface area contributed by atoms with Crippen molar-refractivity contribution in [1.82, 2.24) is 10.3 Å². The lowest BCUT2D eigenvalue weighted by Gasteiger charge is -2.28. The molecule has 6 heteroatoms. The number of aromatic amines is 1. The van der Waals surface area contributed by atoms with E-state index in [0.717, 1.165) is 48.5 Å². The summed E-state index contributed by atoms with van der Waals surface area (Å²) in [4.78, 5) is 18.0. The van der Waals surface area contributed by atoms with Crippen LogP contribution in [-0.2, 0) is 11.2 Å². The summed E-state index contributed by atoms with van der Waals surface area (Å²) in [6, 6.07) is 11.2. The van der Waals surface area contributed by atoms with E-state index in [2.05, 4.69) is 39.5 Å². The van der Waals surface area contributed by atoms with Crippen molar-refractivity contribution in [1.29, 1.82) is 0 Å². The fourth-order valence-electron chi connectivity index (χ4n) is 4.10. The summed E-state index contributed by atoms with van der Waals surface area (Å²) >= 11 is 0. The van der Waals surface area contributed by atoms with Gasteiger partial charge in [-0.2, -0.15) is 0 Å². The fraction of sp³-hybridized carbons (Fsp3) is 0.286. The van der Waals surface area contributed by atoms with Crippen LogP contribution in [0.4, 0.5) is 10.1 Å². The highest BCUT2D eigenvalue weighted by atomic mass is 19.1. The Morgan fingerprint density at radius 2 is 1.85 bits per heavy atom. The SMILES string of the molecule is O=C1NCCc2c(-c3ccc(N4CCOCC4)cc3)[nH]c3cc(F)cc1c23. The van der Waals surface area contributed by atoms with Crippen molar-refractivity contribution in [2.75, 3.05) is 37.7 Å². The Kier molecular flexibility index (Phi) is 3.86. The van der Waals surface area contributed by atoms with Gasteiger partial charge in [0.2, 0.25) is 0 Å². The maximum Gasteiger partial charge on any atom is 0.252 e. The number of aromatic nitrogens is 1. The van der Waals surface area contributed by atoms with E-state index in [1.807, 2.05) is 0 Å². The van der Waals surface area contributed by atoms with Gasteiger partial charge in [0.25, 0.3) is 5.91 Å². The summed E-state index contributed by atoms with van der Waals surface area (Å²) in [5.41, 5.74) is 5.32. The lowest BCUT2D eigenvalue weighted by atomic mass is 10.00. The third-order valence-electron chi connectivity index (χ3n) is 5.40. The summed E-state index contributed by atoms with van der Waals surface area (Å²) in [5, 5.41) is 3.69. The molecular formula is C21H20FN3O2. The highest BCUT2D eigenvalue weighted by Crippen LogP contribution is 2.35. The van der Waals surface area contributed by atoms with Crippen LogP contribution in [0.1, 0.15) is 15.9 Å². The van der Waals surface area contributed by atoms with Gasteiger partial charge in [0, 0.05) is 41.9 Å². The number of amides is 1. The standard InChI is InChI=1S/C21H20FN3O2/c22-14-11-17-19-16(5-6-23-21(17)26)20(24-18(19)12-14)13-1-3-15(4-2-13)25-7-9-27-10-8-25/h1-4,11-12,24H,5-10H2,(H,23,26). The first-order valence-corrected chi connectivity index (χ1v) is 9.26. The molecule has 3 heterocycles. The number of anilines is 1. The number of carbonyl (C=O) groups is 1. The van der Waals surface area contributed by atoms with E-state index in [4.69, 9.17) is 4.74 Å². The zero-order valence-electron chi connectivity index (χ0n) is 14.8. The van der Waals surface area contributed by atoms with Gasteiger partial charge in [-0.15, -0.1) is 0 Å². The molecule has 138 valence electrons. The minimum absolute atomic E-state index is 0.216. The van der Waals surface area contributed by atoms with E-state index in [-0.39, 0.29) is 5.91 Å². The molecular weight excluding hydrogens is 345 g/mol.